The average molecular weight is 665 g/mol. The molecule has 3 aromatic carbocycles. The third-order valence-electron chi connectivity index (χ3n) is 11.8. The molecule has 0 radical (unpaired) electrons. The first-order chi connectivity index (χ1) is 25.1. The van der Waals surface area contributed by atoms with Gasteiger partial charge in [0.25, 0.3) is 0 Å². The molecule has 5 aliphatic rings. The molecule has 1 heterocycles. The molecule has 51 heavy (non-hydrogen) atoms. The second-order valence-corrected chi connectivity index (χ2v) is 15.1. The van der Waals surface area contributed by atoms with Gasteiger partial charge in [0, 0.05) is 27.7 Å². The van der Waals surface area contributed by atoms with Crippen LogP contribution in [0.25, 0.3) is 39.9 Å². The lowest BCUT2D eigenvalue weighted by Gasteiger charge is -2.44. The van der Waals surface area contributed by atoms with Crippen molar-refractivity contribution < 1.29 is 0 Å². The molecule has 9 rings (SSSR count). The van der Waals surface area contributed by atoms with E-state index in [0.29, 0.717) is 5.92 Å². The predicted octanol–water partition coefficient (Wildman–Crippen LogP) is 11.3. The molecule has 4 aromatic rings. The van der Waals surface area contributed by atoms with Crippen LogP contribution in [-0.4, -0.2) is 15.0 Å². The van der Waals surface area contributed by atoms with E-state index in [1.807, 2.05) is 0 Å². The summed E-state index contributed by atoms with van der Waals surface area (Å²) in [5.74, 6) is 0.607. The van der Waals surface area contributed by atoms with Crippen molar-refractivity contribution in [3.05, 3.63) is 172 Å². The number of allylic oxidation sites excluding steroid dienone is 12. The van der Waals surface area contributed by atoms with E-state index in [4.69, 9.17) is 0 Å². The van der Waals surface area contributed by atoms with Crippen LogP contribution in [0.5, 0.6) is 0 Å². The molecular formula is C49H48N2. The fraction of sp³-hybridized carbons (Fsp3) is 0.265. The van der Waals surface area contributed by atoms with Crippen molar-refractivity contribution in [1.29, 1.82) is 0 Å². The topological polar surface area (TPSA) is 8.17 Å². The molecule has 0 aliphatic heterocycles. The molecule has 2 nitrogen and oxygen atoms in total. The molecule has 0 amide bonds. The zero-order valence-corrected chi connectivity index (χ0v) is 29.9. The van der Waals surface area contributed by atoms with Gasteiger partial charge in [-0.05, 0) is 147 Å². The molecule has 5 aliphatic carbocycles. The number of hydrogen-bond acceptors (Lipinski definition) is 1. The highest BCUT2D eigenvalue weighted by atomic mass is 15.2. The molecule has 2 heteroatoms. The molecule has 2 unspecified atom stereocenters. The predicted molar refractivity (Wildman–Crippen MR) is 216 cm³/mol. The lowest BCUT2D eigenvalue weighted by Crippen LogP contribution is -2.48. The van der Waals surface area contributed by atoms with E-state index in [1.165, 1.54) is 80.9 Å². The number of nitrogens with zero attached hydrogens (tertiary/aromatic N) is 2. The highest BCUT2D eigenvalue weighted by molar-refractivity contribution is 5.89. The van der Waals surface area contributed by atoms with E-state index in [2.05, 4.69) is 162 Å². The van der Waals surface area contributed by atoms with Crippen LogP contribution in [0.1, 0.15) is 82.6 Å². The van der Waals surface area contributed by atoms with Gasteiger partial charge >= 0.3 is 0 Å². The van der Waals surface area contributed by atoms with Crippen molar-refractivity contribution in [3.63, 3.8) is 0 Å². The minimum atomic E-state index is -0.215. The summed E-state index contributed by atoms with van der Waals surface area (Å²) in [6.07, 6.45) is 39.9. The zero-order valence-electron chi connectivity index (χ0n) is 29.9. The molecular weight excluding hydrogens is 617 g/mol. The Balaban J connectivity index is 1.09. The Morgan fingerprint density at radius 1 is 0.706 bits per heavy atom. The van der Waals surface area contributed by atoms with Gasteiger partial charge in [0.2, 0.25) is 0 Å². The largest absolute Gasteiger partial charge is 0.332 e. The summed E-state index contributed by atoms with van der Waals surface area (Å²) >= 11 is 0. The van der Waals surface area contributed by atoms with Crippen LogP contribution < -0.4 is 10.6 Å². The number of fused-ring (bicyclic) bond motifs is 3. The Hall–Kier alpha value is -5.08. The maximum absolute atomic E-state index is 2.60. The second kappa shape index (κ2) is 13.6. The summed E-state index contributed by atoms with van der Waals surface area (Å²) < 4.78 is 2.49. The maximum Gasteiger partial charge on any atom is 0.0663 e. The third-order valence-corrected chi connectivity index (χ3v) is 11.8. The van der Waals surface area contributed by atoms with Crippen molar-refractivity contribution in [3.8, 4) is 16.8 Å². The molecule has 0 bridgehead atoms. The van der Waals surface area contributed by atoms with Gasteiger partial charge in [-0.25, -0.2) is 0 Å². The smallest absolute Gasteiger partial charge is 0.0663 e. The van der Waals surface area contributed by atoms with Crippen LogP contribution >= 0.6 is 0 Å². The standard InChI is InChI=1S/C49H48N2/c1-49(51(43-18-10-4-11-19-43)44-20-12-5-13-21-44)33-32-45-46-34-41(30-31-47(46)50(48(45)35-49)42-16-8-3-9-17-42)40-28-26-39(27-29-40)38-24-22-37(23-25-38)36-14-6-2-7-15-36/h2-3,6,8-10,12,14,16-22,26-32,34-35,38H,4-5,7,11,13,15,23-25,33H2,1H3. The molecule has 2 atom stereocenters. The number of rotatable bonds is 7. The van der Waals surface area contributed by atoms with Crippen LogP contribution in [0.15, 0.2) is 156 Å². The Bertz CT molecular complexity index is 2280. The fourth-order valence-corrected chi connectivity index (χ4v) is 9.06. The Morgan fingerprint density at radius 3 is 2.14 bits per heavy atom. The molecule has 0 N–H and O–H groups in total. The normalized spacial score (nSPS) is 22.6. The fourth-order valence-electron chi connectivity index (χ4n) is 9.06. The Labute approximate surface area is 303 Å². The lowest BCUT2D eigenvalue weighted by atomic mass is 9.81. The maximum atomic E-state index is 2.60. The molecule has 0 fully saturated rings. The minimum absolute atomic E-state index is 0.215. The van der Waals surface area contributed by atoms with Gasteiger partial charge < -0.3 is 9.47 Å². The summed E-state index contributed by atoms with van der Waals surface area (Å²) in [5.41, 5.74) is 12.0. The van der Waals surface area contributed by atoms with E-state index >= 15 is 0 Å². The van der Waals surface area contributed by atoms with Gasteiger partial charge in [-0.15, -0.1) is 0 Å². The Kier molecular flexibility index (Phi) is 8.48. The minimum Gasteiger partial charge on any atom is -0.332 e. The van der Waals surface area contributed by atoms with Crippen molar-refractivity contribution in [2.75, 3.05) is 0 Å². The van der Waals surface area contributed by atoms with Crippen LogP contribution in [0.3, 0.4) is 0 Å². The van der Waals surface area contributed by atoms with Gasteiger partial charge in [0.1, 0.15) is 0 Å². The van der Waals surface area contributed by atoms with Crippen LogP contribution in [0.2, 0.25) is 0 Å². The summed E-state index contributed by atoms with van der Waals surface area (Å²) in [5, 5.41) is 3.96. The first-order valence-corrected chi connectivity index (χ1v) is 19.3. The van der Waals surface area contributed by atoms with Crippen LogP contribution in [-0.2, 0) is 0 Å². The van der Waals surface area contributed by atoms with E-state index in [0.717, 1.165) is 38.5 Å². The summed E-state index contributed by atoms with van der Waals surface area (Å²) in [7, 11) is 0. The first-order valence-electron chi connectivity index (χ1n) is 19.3. The van der Waals surface area contributed by atoms with E-state index in [9.17, 15) is 0 Å². The van der Waals surface area contributed by atoms with Gasteiger partial charge in [0.15, 0.2) is 0 Å². The second-order valence-electron chi connectivity index (χ2n) is 15.1. The van der Waals surface area contributed by atoms with Gasteiger partial charge in [-0.1, -0.05) is 103 Å². The van der Waals surface area contributed by atoms with Crippen molar-refractivity contribution in [1.82, 2.24) is 9.47 Å². The highest BCUT2D eigenvalue weighted by Crippen LogP contribution is 2.38. The van der Waals surface area contributed by atoms with Crippen molar-refractivity contribution in [2.45, 2.75) is 82.6 Å². The SMILES string of the molecule is CC1(N(C2=CCCC=C2)C2=CCCC=C2)C=c2c(c3cc(-c4ccc(C5CC=C(C6=CC=CCC6)CC5)cc4)ccc3n2-c2ccccc2)=CC1. The third kappa shape index (κ3) is 6.05. The zero-order chi connectivity index (χ0) is 34.2. The first kappa shape index (κ1) is 31.9. The molecule has 254 valence electrons. The number of benzene rings is 3. The summed E-state index contributed by atoms with van der Waals surface area (Å²) in [6.45, 7) is 2.42. The number of para-hydroxylation sites is 1. The molecule has 0 spiro atoms. The Morgan fingerprint density at radius 2 is 1.47 bits per heavy atom. The molecule has 0 saturated heterocycles. The summed E-state index contributed by atoms with van der Waals surface area (Å²) in [4.78, 5) is 2.60. The van der Waals surface area contributed by atoms with Gasteiger partial charge in [-0.2, -0.15) is 0 Å². The van der Waals surface area contributed by atoms with Gasteiger partial charge in [-0.3, -0.25) is 0 Å². The van der Waals surface area contributed by atoms with Crippen molar-refractivity contribution >= 4 is 23.1 Å². The van der Waals surface area contributed by atoms with Gasteiger partial charge in [0.05, 0.1) is 16.4 Å². The van der Waals surface area contributed by atoms with E-state index in [-0.39, 0.29) is 5.54 Å². The average Bonchev–Trinajstić information content (AvgIpc) is 3.52. The number of hydrogen-bond donors (Lipinski definition) is 0. The van der Waals surface area contributed by atoms with E-state index < -0.39 is 0 Å². The lowest BCUT2D eigenvalue weighted by molar-refractivity contribution is 0.282. The molecule has 1 aromatic heterocycles. The van der Waals surface area contributed by atoms with E-state index in [1.54, 1.807) is 11.1 Å². The molecule has 0 saturated carbocycles. The summed E-state index contributed by atoms with van der Waals surface area (Å²) in [6, 6.07) is 27.5. The highest BCUT2D eigenvalue weighted by Gasteiger charge is 2.34. The van der Waals surface area contributed by atoms with Crippen LogP contribution in [0, 0.1) is 0 Å². The number of aromatic nitrogens is 1. The van der Waals surface area contributed by atoms with Crippen LogP contribution in [0.4, 0.5) is 0 Å². The monoisotopic (exact) mass is 664 g/mol. The van der Waals surface area contributed by atoms with Crippen molar-refractivity contribution in [2.24, 2.45) is 0 Å². The quantitative estimate of drug-likeness (QED) is 0.191.